The van der Waals surface area contributed by atoms with E-state index in [2.05, 4.69) is 252 Å². The molecule has 0 N–H and O–H groups in total. The van der Waals surface area contributed by atoms with Crippen LogP contribution in [0.5, 0.6) is 0 Å². The van der Waals surface area contributed by atoms with Crippen molar-refractivity contribution in [1.82, 2.24) is 0 Å². The summed E-state index contributed by atoms with van der Waals surface area (Å²) in [5.74, 6) is 0. The first kappa shape index (κ1) is 40.1. The van der Waals surface area contributed by atoms with E-state index in [0.29, 0.717) is 0 Å². The number of rotatable bonds is 4. The Morgan fingerprint density at radius 3 is 1.39 bits per heavy atom. The van der Waals surface area contributed by atoms with Gasteiger partial charge in [-0.05, 0) is 107 Å². The second kappa shape index (κ2) is 14.6. The van der Waals surface area contributed by atoms with Crippen LogP contribution >= 0.6 is 0 Å². The van der Waals surface area contributed by atoms with Crippen molar-refractivity contribution in [3.8, 4) is 22.3 Å². The van der Waals surface area contributed by atoms with Crippen molar-refractivity contribution in [2.45, 2.75) is 52.4 Å². The van der Waals surface area contributed by atoms with Crippen LogP contribution in [0.15, 0.2) is 200 Å². The lowest BCUT2D eigenvalue weighted by Crippen LogP contribution is -2.69. The topological polar surface area (TPSA) is 6.48 Å². The Hall–Kier alpha value is -7.23. The van der Waals surface area contributed by atoms with E-state index in [9.17, 15) is 0 Å². The van der Waals surface area contributed by atoms with Crippen molar-refractivity contribution in [3.63, 3.8) is 0 Å². The summed E-state index contributed by atoms with van der Waals surface area (Å²) in [5.41, 5.74) is 27.5. The van der Waals surface area contributed by atoms with Gasteiger partial charge in [-0.25, -0.2) is 0 Å². The van der Waals surface area contributed by atoms with Crippen LogP contribution in [0.3, 0.4) is 0 Å². The normalized spacial score (nSPS) is 14.0. The molecular formula is C62H51B3N2. The van der Waals surface area contributed by atoms with Gasteiger partial charge in [0.1, 0.15) is 0 Å². The highest BCUT2D eigenvalue weighted by atomic mass is 15.2. The van der Waals surface area contributed by atoms with E-state index in [1.54, 1.807) is 0 Å². The van der Waals surface area contributed by atoms with E-state index in [1.807, 2.05) is 0 Å². The fourth-order valence-electron chi connectivity index (χ4n) is 12.0. The van der Waals surface area contributed by atoms with Gasteiger partial charge in [0.15, 0.2) is 0 Å². The molecular weight excluding hydrogens is 805 g/mol. The lowest BCUT2D eigenvalue weighted by Gasteiger charge is -2.50. The summed E-state index contributed by atoms with van der Waals surface area (Å²) in [6.07, 6.45) is 0. The first-order valence-corrected chi connectivity index (χ1v) is 24.1. The molecule has 0 aromatic heterocycles. The number of hydrogen-bond acceptors (Lipinski definition) is 2. The average molecular weight is 857 g/mol. The van der Waals surface area contributed by atoms with E-state index in [1.165, 1.54) is 117 Å². The summed E-state index contributed by atoms with van der Waals surface area (Å²) in [5, 5.41) is 0. The van der Waals surface area contributed by atoms with Gasteiger partial charge in [-0.15, -0.1) is 0 Å². The second-order valence-corrected chi connectivity index (χ2v) is 21.3. The molecule has 0 atom stereocenters. The minimum atomic E-state index is -0.115. The number of para-hydroxylation sites is 2. The smallest absolute Gasteiger partial charge is 0.252 e. The molecule has 4 aliphatic rings. The highest BCUT2D eigenvalue weighted by Gasteiger charge is 2.50. The van der Waals surface area contributed by atoms with E-state index in [0.717, 1.165) is 0 Å². The van der Waals surface area contributed by atoms with Crippen LogP contribution in [-0.4, -0.2) is 20.1 Å². The fourth-order valence-corrected chi connectivity index (χ4v) is 12.0. The van der Waals surface area contributed by atoms with Gasteiger partial charge in [0, 0.05) is 34.1 Å². The predicted octanol–water partition coefficient (Wildman–Crippen LogP) is 9.36. The molecule has 9 aromatic rings. The Bertz CT molecular complexity index is 3440. The Kier molecular flexibility index (Phi) is 8.76. The van der Waals surface area contributed by atoms with Crippen LogP contribution in [0.25, 0.3) is 22.3 Å². The molecule has 0 aliphatic carbocycles. The van der Waals surface area contributed by atoms with Crippen molar-refractivity contribution >= 4 is 103 Å². The molecule has 0 amide bonds. The maximum atomic E-state index is 2.67. The van der Waals surface area contributed by atoms with E-state index >= 15 is 0 Å². The van der Waals surface area contributed by atoms with Gasteiger partial charge >= 0.3 is 0 Å². The predicted molar refractivity (Wildman–Crippen MR) is 291 cm³/mol. The molecule has 318 valence electrons. The summed E-state index contributed by atoms with van der Waals surface area (Å²) < 4.78 is 0. The third kappa shape index (κ3) is 6.06. The van der Waals surface area contributed by atoms with Crippen molar-refractivity contribution in [2.75, 3.05) is 9.80 Å². The monoisotopic (exact) mass is 856 g/mol. The SMILES string of the molecule is CC(C)(C)c1ccc(B2c3ccccc3N3c4cc(C(C)(C)C)cc5c4B(c4cccc6c4N5c4ccc(-c5ccccc5)cc4B6c4ccccc4)c4cc(-c5ccccc5)cc2c43)cc1. The molecule has 2 nitrogen and oxygen atoms in total. The van der Waals surface area contributed by atoms with Crippen LogP contribution in [0.4, 0.5) is 34.1 Å². The van der Waals surface area contributed by atoms with Crippen LogP contribution in [0.2, 0.25) is 0 Å². The molecule has 4 heterocycles. The fraction of sp³-hybridized carbons (Fsp3) is 0.129. The summed E-state index contributed by atoms with van der Waals surface area (Å²) in [7, 11) is 0. The zero-order valence-electron chi connectivity index (χ0n) is 39.2. The molecule has 0 saturated carbocycles. The molecule has 9 aromatic carbocycles. The Morgan fingerprint density at radius 2 is 0.761 bits per heavy atom. The van der Waals surface area contributed by atoms with E-state index < -0.39 is 0 Å². The van der Waals surface area contributed by atoms with Gasteiger partial charge in [-0.2, -0.15) is 0 Å². The zero-order valence-corrected chi connectivity index (χ0v) is 39.2. The summed E-state index contributed by atoms with van der Waals surface area (Å²) in [4.78, 5) is 5.34. The third-order valence-corrected chi connectivity index (χ3v) is 15.3. The zero-order chi connectivity index (χ0) is 45.3. The van der Waals surface area contributed by atoms with Gasteiger partial charge in [-0.3, -0.25) is 0 Å². The highest BCUT2D eigenvalue weighted by molar-refractivity contribution is 7.05. The largest absolute Gasteiger partial charge is 0.312 e. The molecule has 0 radical (unpaired) electrons. The molecule has 0 saturated heterocycles. The molecule has 5 heteroatoms. The average Bonchev–Trinajstić information content (AvgIpc) is 3.35. The summed E-state index contributed by atoms with van der Waals surface area (Å²) in [6, 6.07) is 76.6. The molecule has 0 spiro atoms. The van der Waals surface area contributed by atoms with Crippen molar-refractivity contribution in [3.05, 3.63) is 211 Å². The van der Waals surface area contributed by atoms with Gasteiger partial charge < -0.3 is 9.80 Å². The number of anilines is 6. The second-order valence-electron chi connectivity index (χ2n) is 21.3. The first-order valence-electron chi connectivity index (χ1n) is 24.1. The quantitative estimate of drug-likeness (QED) is 0.163. The minimum Gasteiger partial charge on any atom is -0.312 e. The lowest BCUT2D eigenvalue weighted by atomic mass is 9.28. The molecule has 67 heavy (non-hydrogen) atoms. The Morgan fingerprint density at radius 1 is 0.299 bits per heavy atom. The number of nitrogens with zero attached hydrogens (tertiary/aromatic N) is 2. The summed E-state index contributed by atoms with van der Waals surface area (Å²) >= 11 is 0. The van der Waals surface area contributed by atoms with Crippen LogP contribution in [-0.2, 0) is 10.8 Å². The van der Waals surface area contributed by atoms with Crippen molar-refractivity contribution in [1.29, 1.82) is 0 Å². The number of benzene rings is 9. The first-order chi connectivity index (χ1) is 32.5. The molecule has 0 fully saturated rings. The molecule has 0 bridgehead atoms. The van der Waals surface area contributed by atoms with E-state index in [4.69, 9.17) is 0 Å². The minimum absolute atomic E-state index is 0.00498. The highest BCUT2D eigenvalue weighted by Crippen LogP contribution is 2.47. The molecule has 0 unspecified atom stereocenters. The number of fused-ring (bicyclic) bond motifs is 8. The van der Waals surface area contributed by atoms with Crippen molar-refractivity contribution in [2.24, 2.45) is 0 Å². The molecule has 4 aliphatic heterocycles. The number of hydrogen-bond donors (Lipinski definition) is 0. The van der Waals surface area contributed by atoms with Crippen LogP contribution in [0.1, 0.15) is 52.7 Å². The Labute approximate surface area is 397 Å². The van der Waals surface area contributed by atoms with Crippen LogP contribution < -0.4 is 59.0 Å². The standard InChI is InChI=1S/C62H51B3N2/c1-61(2,3)44-30-32-47(33-31-44)63-48-25-16-17-28-54(48)66-56-38-45(62(4,5)6)39-57-58(56)65(53-37-43(36-52(63)60(53)66)41-21-12-8-13-22-41)50-27-18-26-49-59(50)67(57)55-34-29-42(40-19-10-7-11-20-40)35-51(55)64(49)46-23-14-9-15-24-46/h7-39H,1-6H3. The lowest BCUT2D eigenvalue weighted by molar-refractivity contribution is 0.590. The van der Waals surface area contributed by atoms with Gasteiger partial charge in [0.2, 0.25) is 13.4 Å². The maximum absolute atomic E-state index is 2.67. The van der Waals surface area contributed by atoms with Crippen LogP contribution in [0, 0.1) is 0 Å². The summed E-state index contributed by atoms with van der Waals surface area (Å²) in [6.45, 7) is 14.1. The van der Waals surface area contributed by atoms with E-state index in [-0.39, 0.29) is 31.0 Å². The third-order valence-electron chi connectivity index (χ3n) is 15.3. The van der Waals surface area contributed by atoms with Gasteiger partial charge in [-0.1, -0.05) is 228 Å². The van der Waals surface area contributed by atoms with Gasteiger partial charge in [0.25, 0.3) is 6.71 Å². The Balaban J connectivity index is 1.15. The van der Waals surface area contributed by atoms with Gasteiger partial charge in [0.05, 0.1) is 0 Å². The van der Waals surface area contributed by atoms with Crippen molar-refractivity contribution < 1.29 is 0 Å². The maximum Gasteiger partial charge on any atom is 0.252 e. The molecule has 13 rings (SSSR count).